The lowest BCUT2D eigenvalue weighted by Gasteiger charge is -2.13. The second kappa shape index (κ2) is 10.1. The third kappa shape index (κ3) is 4.88. The molecule has 0 atom stereocenters. The Kier molecular flexibility index (Phi) is 6.82. The number of aromatic nitrogens is 3. The van der Waals surface area contributed by atoms with E-state index in [0.717, 1.165) is 23.5 Å². The smallest absolute Gasteiger partial charge is 0.324 e. The largest absolute Gasteiger partial charge is 0.329 e. The van der Waals surface area contributed by atoms with Crippen LogP contribution in [0.5, 0.6) is 0 Å². The maximum Gasteiger partial charge on any atom is 0.329 e. The molecule has 0 radical (unpaired) electrons. The van der Waals surface area contributed by atoms with Crippen LogP contribution in [-0.2, 0) is 17.9 Å². The summed E-state index contributed by atoms with van der Waals surface area (Å²) < 4.78 is 17.2. The van der Waals surface area contributed by atoms with E-state index in [0.29, 0.717) is 6.54 Å². The summed E-state index contributed by atoms with van der Waals surface area (Å²) in [6.07, 6.45) is 2.28. The maximum atomic E-state index is 13.9. The molecular formula is C25H24FN5O3. The molecule has 0 saturated heterocycles. The van der Waals surface area contributed by atoms with Gasteiger partial charge in [0.25, 0.3) is 5.91 Å². The molecule has 0 unspecified atom stereocenters. The highest BCUT2D eigenvalue weighted by Gasteiger charge is 2.16. The van der Waals surface area contributed by atoms with Crippen LogP contribution >= 0.6 is 0 Å². The molecule has 2 aromatic heterocycles. The van der Waals surface area contributed by atoms with Gasteiger partial charge in [-0.3, -0.25) is 23.7 Å². The number of anilines is 2. The monoisotopic (exact) mass is 461 g/mol. The van der Waals surface area contributed by atoms with E-state index in [9.17, 15) is 18.8 Å². The first kappa shape index (κ1) is 22.9. The van der Waals surface area contributed by atoms with Gasteiger partial charge in [-0.1, -0.05) is 25.1 Å². The first-order valence-electron chi connectivity index (χ1n) is 11.0. The standard InChI is InChI=1S/C25H24FN5O3/c1-2-14-30-21-8-3-4-9-22(21)31(25(30)34)15-12-23(32)28-20-16-17(26)10-11-18(20)29-24(33)19-7-5-6-13-27-19/h3-11,13,16H,2,12,14-15H2,1H3,(H,28,32)(H,29,33). The van der Waals surface area contributed by atoms with Gasteiger partial charge in [0, 0.05) is 25.7 Å². The predicted molar refractivity (Wildman–Crippen MR) is 128 cm³/mol. The number of benzene rings is 2. The summed E-state index contributed by atoms with van der Waals surface area (Å²) in [5, 5.41) is 5.28. The van der Waals surface area contributed by atoms with Gasteiger partial charge in [-0.05, 0) is 48.9 Å². The van der Waals surface area contributed by atoms with Crippen LogP contribution in [0, 0.1) is 5.82 Å². The van der Waals surface area contributed by atoms with Gasteiger partial charge in [-0.15, -0.1) is 0 Å². The highest BCUT2D eigenvalue weighted by Crippen LogP contribution is 2.24. The second-order valence-electron chi connectivity index (χ2n) is 7.73. The zero-order chi connectivity index (χ0) is 24.1. The summed E-state index contributed by atoms with van der Waals surface area (Å²) in [6, 6.07) is 16.0. The molecule has 2 amide bonds. The lowest BCUT2D eigenvalue weighted by molar-refractivity contribution is -0.116. The lowest BCUT2D eigenvalue weighted by atomic mass is 10.2. The Morgan fingerprint density at radius 2 is 1.62 bits per heavy atom. The van der Waals surface area contributed by atoms with E-state index in [2.05, 4.69) is 15.6 Å². The van der Waals surface area contributed by atoms with Crippen molar-refractivity contribution in [2.75, 3.05) is 10.6 Å². The van der Waals surface area contributed by atoms with Crippen molar-refractivity contribution in [1.82, 2.24) is 14.1 Å². The third-order valence-electron chi connectivity index (χ3n) is 5.34. The van der Waals surface area contributed by atoms with Gasteiger partial charge in [0.2, 0.25) is 5.91 Å². The van der Waals surface area contributed by atoms with Gasteiger partial charge < -0.3 is 10.6 Å². The van der Waals surface area contributed by atoms with E-state index in [-0.39, 0.29) is 35.7 Å². The van der Waals surface area contributed by atoms with Crippen LogP contribution < -0.4 is 16.3 Å². The van der Waals surface area contributed by atoms with Crippen molar-refractivity contribution in [3.8, 4) is 0 Å². The SMILES string of the molecule is CCCn1c(=O)n(CCC(=O)Nc2cc(F)ccc2NC(=O)c2ccccn2)c2ccccc21. The van der Waals surface area contributed by atoms with Crippen LogP contribution in [0.2, 0.25) is 0 Å². The number of nitrogens with one attached hydrogen (secondary N) is 2. The molecule has 0 fully saturated rings. The molecule has 0 aliphatic rings. The number of imidazole rings is 1. The van der Waals surface area contributed by atoms with Crippen LogP contribution in [0.15, 0.2) is 71.7 Å². The topological polar surface area (TPSA) is 98.0 Å². The number of carbonyl (C=O) groups excluding carboxylic acids is 2. The highest BCUT2D eigenvalue weighted by molar-refractivity contribution is 6.06. The van der Waals surface area contributed by atoms with Crippen molar-refractivity contribution in [1.29, 1.82) is 0 Å². The Morgan fingerprint density at radius 3 is 2.29 bits per heavy atom. The molecule has 0 aliphatic carbocycles. The molecule has 8 nitrogen and oxygen atoms in total. The number of aryl methyl sites for hydroxylation is 2. The Hall–Kier alpha value is -4.27. The molecule has 174 valence electrons. The van der Waals surface area contributed by atoms with E-state index < -0.39 is 17.6 Å². The van der Waals surface area contributed by atoms with E-state index in [1.54, 1.807) is 27.3 Å². The zero-order valence-corrected chi connectivity index (χ0v) is 18.6. The number of halogens is 1. The normalized spacial score (nSPS) is 10.9. The van der Waals surface area contributed by atoms with Gasteiger partial charge in [0.05, 0.1) is 22.4 Å². The number of rotatable bonds is 8. The van der Waals surface area contributed by atoms with Crippen LogP contribution in [0.4, 0.5) is 15.8 Å². The van der Waals surface area contributed by atoms with E-state index >= 15 is 0 Å². The number of fused-ring (bicyclic) bond motifs is 1. The van der Waals surface area contributed by atoms with E-state index in [1.165, 1.54) is 18.3 Å². The first-order valence-corrected chi connectivity index (χ1v) is 11.0. The molecule has 2 heterocycles. The first-order chi connectivity index (χ1) is 16.5. The average molecular weight is 461 g/mol. The number of para-hydroxylation sites is 2. The Labute approximate surface area is 195 Å². The molecule has 4 aromatic rings. The fourth-order valence-electron chi connectivity index (χ4n) is 3.77. The van der Waals surface area contributed by atoms with Crippen LogP contribution in [0.1, 0.15) is 30.3 Å². The minimum atomic E-state index is -0.565. The fourth-order valence-corrected chi connectivity index (χ4v) is 3.77. The van der Waals surface area contributed by atoms with E-state index in [4.69, 9.17) is 0 Å². The van der Waals surface area contributed by atoms with Crippen molar-refractivity contribution < 1.29 is 14.0 Å². The van der Waals surface area contributed by atoms with Gasteiger partial charge in [0.15, 0.2) is 0 Å². The summed E-state index contributed by atoms with van der Waals surface area (Å²) in [5.74, 6) is -1.47. The summed E-state index contributed by atoms with van der Waals surface area (Å²) in [4.78, 5) is 42.0. The van der Waals surface area contributed by atoms with Crippen LogP contribution in [0.3, 0.4) is 0 Å². The van der Waals surface area contributed by atoms with Gasteiger partial charge >= 0.3 is 5.69 Å². The molecule has 0 aliphatic heterocycles. The number of nitrogens with zero attached hydrogens (tertiary/aromatic N) is 3. The molecular weight excluding hydrogens is 437 g/mol. The van der Waals surface area contributed by atoms with Gasteiger partial charge in [-0.25, -0.2) is 9.18 Å². The molecule has 2 aromatic carbocycles. The number of hydrogen-bond donors (Lipinski definition) is 2. The quantitative estimate of drug-likeness (QED) is 0.414. The minimum absolute atomic E-state index is 0.00974. The van der Waals surface area contributed by atoms with Crippen molar-refractivity contribution in [2.45, 2.75) is 32.9 Å². The molecule has 0 bridgehead atoms. The Balaban J connectivity index is 1.50. The highest BCUT2D eigenvalue weighted by atomic mass is 19.1. The molecule has 9 heteroatoms. The number of amides is 2. The number of carbonyl (C=O) groups is 2. The maximum absolute atomic E-state index is 13.9. The van der Waals surface area contributed by atoms with Crippen LogP contribution in [0.25, 0.3) is 11.0 Å². The molecule has 34 heavy (non-hydrogen) atoms. The van der Waals surface area contributed by atoms with Gasteiger partial charge in [0.1, 0.15) is 11.5 Å². The minimum Gasteiger partial charge on any atom is -0.324 e. The van der Waals surface area contributed by atoms with Gasteiger partial charge in [-0.2, -0.15) is 0 Å². The summed E-state index contributed by atoms with van der Waals surface area (Å²) in [6.45, 7) is 2.74. The predicted octanol–water partition coefficient (Wildman–Crippen LogP) is 4.03. The average Bonchev–Trinajstić information content (AvgIpc) is 3.11. The summed E-state index contributed by atoms with van der Waals surface area (Å²) >= 11 is 0. The molecule has 0 saturated carbocycles. The number of pyridine rings is 1. The summed E-state index contributed by atoms with van der Waals surface area (Å²) in [7, 11) is 0. The molecule has 4 rings (SSSR count). The van der Waals surface area contributed by atoms with Crippen molar-refractivity contribution in [3.05, 3.63) is 88.9 Å². The fraction of sp³-hybridized carbons (Fsp3) is 0.200. The molecule has 0 spiro atoms. The van der Waals surface area contributed by atoms with Crippen molar-refractivity contribution >= 4 is 34.2 Å². The number of hydrogen-bond acceptors (Lipinski definition) is 4. The molecule has 2 N–H and O–H groups in total. The van der Waals surface area contributed by atoms with E-state index in [1.807, 2.05) is 31.2 Å². The van der Waals surface area contributed by atoms with Crippen LogP contribution in [-0.4, -0.2) is 25.9 Å². The Bertz CT molecular complexity index is 1390. The van der Waals surface area contributed by atoms with Crippen molar-refractivity contribution in [2.24, 2.45) is 0 Å². The second-order valence-corrected chi connectivity index (χ2v) is 7.73. The summed E-state index contributed by atoms with van der Waals surface area (Å²) in [5.41, 5.74) is 1.94. The Morgan fingerprint density at radius 1 is 0.912 bits per heavy atom. The zero-order valence-electron chi connectivity index (χ0n) is 18.6. The third-order valence-corrected chi connectivity index (χ3v) is 5.34. The van der Waals surface area contributed by atoms with Crippen molar-refractivity contribution in [3.63, 3.8) is 0 Å². The lowest BCUT2D eigenvalue weighted by Crippen LogP contribution is -2.26.